The van der Waals surface area contributed by atoms with Crippen LogP contribution < -0.4 is 4.74 Å². The predicted octanol–water partition coefficient (Wildman–Crippen LogP) is 2.37. The monoisotopic (exact) mass is 313 g/mol. The van der Waals surface area contributed by atoms with Gasteiger partial charge in [-0.3, -0.25) is 4.79 Å². The summed E-state index contributed by atoms with van der Waals surface area (Å²) in [4.78, 5) is 13.6. The molecule has 118 valence electrons. The standard InChI is InChI=1S/C16H15N3O4/c1-19(9-14-3-2-8-21-14)15(20)10-22-13-6-4-12(5-7-13)16-18-17-11-23-16/h2-8,11H,9-10H2,1H3. The van der Waals surface area contributed by atoms with Crippen molar-refractivity contribution in [2.24, 2.45) is 0 Å². The number of hydrogen-bond donors (Lipinski definition) is 0. The number of likely N-dealkylation sites (N-methyl/N-ethyl adjacent to an activating group) is 1. The van der Waals surface area contributed by atoms with Crippen LogP contribution in [0.4, 0.5) is 0 Å². The Morgan fingerprint density at radius 1 is 1.22 bits per heavy atom. The minimum Gasteiger partial charge on any atom is -0.484 e. The van der Waals surface area contributed by atoms with Gasteiger partial charge in [0.25, 0.3) is 5.91 Å². The van der Waals surface area contributed by atoms with Crippen LogP contribution in [-0.2, 0) is 11.3 Å². The van der Waals surface area contributed by atoms with Crippen LogP contribution in [0.1, 0.15) is 5.76 Å². The first-order valence-electron chi connectivity index (χ1n) is 6.98. The summed E-state index contributed by atoms with van der Waals surface area (Å²) in [5, 5.41) is 7.45. The molecular formula is C16H15N3O4. The average molecular weight is 313 g/mol. The van der Waals surface area contributed by atoms with Crippen LogP contribution in [0.15, 0.2) is 57.9 Å². The number of aromatic nitrogens is 2. The number of carbonyl (C=O) groups excluding carboxylic acids is 1. The minimum absolute atomic E-state index is 0.0445. The van der Waals surface area contributed by atoms with E-state index in [1.807, 2.05) is 6.07 Å². The highest BCUT2D eigenvalue weighted by molar-refractivity contribution is 5.77. The van der Waals surface area contributed by atoms with Crippen molar-refractivity contribution in [1.82, 2.24) is 15.1 Å². The van der Waals surface area contributed by atoms with Crippen molar-refractivity contribution in [3.8, 4) is 17.2 Å². The summed E-state index contributed by atoms with van der Waals surface area (Å²) in [6.07, 6.45) is 2.85. The third-order valence-electron chi connectivity index (χ3n) is 3.22. The van der Waals surface area contributed by atoms with E-state index >= 15 is 0 Å². The number of amides is 1. The average Bonchev–Trinajstić information content (AvgIpc) is 3.26. The van der Waals surface area contributed by atoms with Crippen molar-refractivity contribution in [1.29, 1.82) is 0 Å². The number of furan rings is 1. The molecule has 3 rings (SSSR count). The summed E-state index contributed by atoms with van der Waals surface area (Å²) in [7, 11) is 1.70. The van der Waals surface area contributed by atoms with E-state index in [1.165, 1.54) is 6.39 Å². The van der Waals surface area contributed by atoms with Crippen LogP contribution >= 0.6 is 0 Å². The number of benzene rings is 1. The molecule has 1 aromatic carbocycles. The summed E-state index contributed by atoms with van der Waals surface area (Å²) in [5.41, 5.74) is 0.788. The highest BCUT2D eigenvalue weighted by Crippen LogP contribution is 2.20. The van der Waals surface area contributed by atoms with Crippen LogP contribution in [0.2, 0.25) is 0 Å². The molecule has 1 amide bonds. The van der Waals surface area contributed by atoms with Gasteiger partial charge in [-0.15, -0.1) is 10.2 Å². The Balaban J connectivity index is 1.52. The number of ether oxygens (including phenoxy) is 1. The molecule has 0 spiro atoms. The first-order chi connectivity index (χ1) is 11.2. The van der Waals surface area contributed by atoms with Gasteiger partial charge >= 0.3 is 0 Å². The second-order valence-corrected chi connectivity index (χ2v) is 4.89. The molecule has 0 aliphatic rings. The Morgan fingerprint density at radius 3 is 2.70 bits per heavy atom. The van der Waals surface area contributed by atoms with E-state index in [-0.39, 0.29) is 12.5 Å². The molecule has 0 radical (unpaired) electrons. The molecule has 0 fully saturated rings. The molecule has 3 aromatic rings. The van der Waals surface area contributed by atoms with E-state index < -0.39 is 0 Å². The summed E-state index contributed by atoms with van der Waals surface area (Å²) < 4.78 is 15.8. The zero-order valence-electron chi connectivity index (χ0n) is 12.5. The molecular weight excluding hydrogens is 298 g/mol. The highest BCUT2D eigenvalue weighted by Gasteiger charge is 2.11. The Labute approximate surface area is 132 Å². The smallest absolute Gasteiger partial charge is 0.260 e. The van der Waals surface area contributed by atoms with Crippen LogP contribution in [-0.4, -0.2) is 34.7 Å². The topological polar surface area (TPSA) is 81.6 Å². The molecule has 0 aliphatic carbocycles. The highest BCUT2D eigenvalue weighted by atomic mass is 16.5. The molecule has 0 saturated heterocycles. The van der Waals surface area contributed by atoms with Gasteiger partial charge in [-0.25, -0.2) is 0 Å². The SMILES string of the molecule is CN(Cc1ccco1)C(=O)COc1ccc(-c2nnco2)cc1. The van der Waals surface area contributed by atoms with Gasteiger partial charge in [0, 0.05) is 12.6 Å². The van der Waals surface area contributed by atoms with Crippen LogP contribution in [0, 0.1) is 0 Å². The summed E-state index contributed by atoms with van der Waals surface area (Å²) in [5.74, 6) is 1.62. The largest absolute Gasteiger partial charge is 0.484 e. The molecule has 0 atom stereocenters. The van der Waals surface area contributed by atoms with Crippen molar-refractivity contribution in [2.45, 2.75) is 6.54 Å². The summed E-state index contributed by atoms with van der Waals surface area (Å²) in [6.45, 7) is 0.363. The van der Waals surface area contributed by atoms with Crippen molar-refractivity contribution < 1.29 is 18.4 Å². The van der Waals surface area contributed by atoms with Crippen LogP contribution in [0.25, 0.3) is 11.5 Å². The van der Waals surface area contributed by atoms with E-state index in [2.05, 4.69) is 10.2 Å². The van der Waals surface area contributed by atoms with Crippen LogP contribution in [0.3, 0.4) is 0 Å². The van der Waals surface area contributed by atoms with E-state index in [4.69, 9.17) is 13.6 Å². The van der Waals surface area contributed by atoms with Gasteiger partial charge < -0.3 is 18.5 Å². The second-order valence-electron chi connectivity index (χ2n) is 4.89. The molecule has 0 bridgehead atoms. The van der Waals surface area contributed by atoms with Gasteiger partial charge in [0.05, 0.1) is 12.8 Å². The first-order valence-corrected chi connectivity index (χ1v) is 6.98. The Hall–Kier alpha value is -3.09. The van der Waals surface area contributed by atoms with Crippen molar-refractivity contribution in [3.05, 3.63) is 54.8 Å². The lowest BCUT2D eigenvalue weighted by Gasteiger charge is -2.16. The normalized spacial score (nSPS) is 10.5. The number of nitrogens with zero attached hydrogens (tertiary/aromatic N) is 3. The summed E-state index contributed by atoms with van der Waals surface area (Å²) in [6, 6.07) is 10.7. The molecule has 0 unspecified atom stereocenters. The number of rotatable bonds is 6. The number of hydrogen-bond acceptors (Lipinski definition) is 6. The van der Waals surface area contributed by atoms with E-state index in [0.717, 1.165) is 11.3 Å². The maximum Gasteiger partial charge on any atom is 0.260 e. The van der Waals surface area contributed by atoms with Gasteiger partial charge in [-0.1, -0.05) is 0 Å². The van der Waals surface area contributed by atoms with Gasteiger partial charge in [0.2, 0.25) is 12.3 Å². The Morgan fingerprint density at radius 2 is 2.04 bits per heavy atom. The molecule has 23 heavy (non-hydrogen) atoms. The van der Waals surface area contributed by atoms with E-state index in [1.54, 1.807) is 48.5 Å². The molecule has 0 saturated carbocycles. The molecule has 2 heterocycles. The fourth-order valence-electron chi connectivity index (χ4n) is 1.97. The lowest BCUT2D eigenvalue weighted by atomic mass is 10.2. The second kappa shape index (κ2) is 6.78. The minimum atomic E-state index is -0.137. The lowest BCUT2D eigenvalue weighted by Crippen LogP contribution is -2.30. The molecule has 0 aliphatic heterocycles. The van der Waals surface area contributed by atoms with E-state index in [0.29, 0.717) is 18.2 Å². The zero-order valence-corrected chi connectivity index (χ0v) is 12.5. The molecule has 7 heteroatoms. The van der Waals surface area contributed by atoms with Gasteiger partial charge in [0.15, 0.2) is 6.61 Å². The maximum absolute atomic E-state index is 12.0. The predicted molar refractivity (Wildman–Crippen MR) is 80.4 cm³/mol. The third kappa shape index (κ3) is 3.76. The molecule has 7 nitrogen and oxygen atoms in total. The lowest BCUT2D eigenvalue weighted by molar-refractivity contribution is -0.132. The van der Waals surface area contributed by atoms with Crippen LogP contribution in [0.5, 0.6) is 5.75 Å². The molecule has 2 aromatic heterocycles. The fraction of sp³-hybridized carbons (Fsp3) is 0.188. The van der Waals surface area contributed by atoms with Gasteiger partial charge in [-0.05, 0) is 36.4 Å². The van der Waals surface area contributed by atoms with Crippen molar-refractivity contribution in [2.75, 3.05) is 13.7 Å². The first kappa shape index (κ1) is 14.8. The van der Waals surface area contributed by atoms with Crippen molar-refractivity contribution >= 4 is 5.91 Å². The third-order valence-corrected chi connectivity index (χ3v) is 3.22. The fourth-order valence-corrected chi connectivity index (χ4v) is 1.97. The van der Waals surface area contributed by atoms with Crippen molar-refractivity contribution in [3.63, 3.8) is 0 Å². The van der Waals surface area contributed by atoms with Gasteiger partial charge in [0.1, 0.15) is 11.5 Å². The Kier molecular flexibility index (Phi) is 4.37. The van der Waals surface area contributed by atoms with Gasteiger partial charge in [-0.2, -0.15) is 0 Å². The Bertz CT molecular complexity index is 736. The van der Waals surface area contributed by atoms with E-state index in [9.17, 15) is 4.79 Å². The zero-order chi connectivity index (χ0) is 16.1. The summed E-state index contributed by atoms with van der Waals surface area (Å²) >= 11 is 0. The quantitative estimate of drug-likeness (QED) is 0.695. The molecule has 0 N–H and O–H groups in total. The maximum atomic E-state index is 12.0. The number of carbonyl (C=O) groups is 1.